The highest BCUT2D eigenvalue weighted by Crippen LogP contribution is 2.25. The van der Waals surface area contributed by atoms with Gasteiger partial charge < -0.3 is 10.2 Å². The van der Waals surface area contributed by atoms with E-state index in [4.69, 9.17) is 10.2 Å². The summed E-state index contributed by atoms with van der Waals surface area (Å²) in [6, 6.07) is 9.24. The average Bonchev–Trinajstić information content (AvgIpc) is 3.03. The summed E-state index contributed by atoms with van der Waals surface area (Å²) in [6.07, 6.45) is 2.21. The predicted octanol–water partition coefficient (Wildman–Crippen LogP) is 3.16. The van der Waals surface area contributed by atoms with Crippen molar-refractivity contribution in [3.63, 3.8) is 0 Å². The van der Waals surface area contributed by atoms with E-state index in [1.165, 1.54) is 16.5 Å². The number of rotatable bonds is 4. The fourth-order valence-electron chi connectivity index (χ4n) is 2.45. The third-order valence-electron chi connectivity index (χ3n) is 3.61. The third-order valence-corrected chi connectivity index (χ3v) is 4.63. The Morgan fingerprint density at radius 3 is 2.48 bits per heavy atom. The normalized spacial score (nSPS) is 13.8. The van der Waals surface area contributed by atoms with Crippen LogP contribution in [-0.4, -0.2) is 33.6 Å². The van der Waals surface area contributed by atoms with Crippen LogP contribution in [0.25, 0.3) is 0 Å². The van der Waals surface area contributed by atoms with Gasteiger partial charge in [0.25, 0.3) is 0 Å². The summed E-state index contributed by atoms with van der Waals surface area (Å²) < 4.78 is 13.6. The van der Waals surface area contributed by atoms with E-state index in [1.807, 2.05) is 23.5 Å². The van der Waals surface area contributed by atoms with E-state index >= 15 is 0 Å². The number of hydrogen-bond acceptors (Lipinski definition) is 4. The summed E-state index contributed by atoms with van der Waals surface area (Å²) in [4.78, 5) is 22.9. The molecule has 2 heterocycles. The molecule has 0 saturated heterocycles. The van der Waals surface area contributed by atoms with Gasteiger partial charge in [0.1, 0.15) is 5.82 Å². The first-order valence-corrected chi connectivity index (χ1v) is 8.48. The Labute approximate surface area is 148 Å². The second-order valence-corrected chi connectivity index (χ2v) is 6.43. The van der Waals surface area contributed by atoms with Crippen LogP contribution in [0.5, 0.6) is 0 Å². The van der Waals surface area contributed by atoms with Gasteiger partial charge in [-0.05, 0) is 29.5 Å². The van der Waals surface area contributed by atoms with Crippen molar-refractivity contribution in [1.29, 1.82) is 0 Å². The molecule has 1 aromatic carbocycles. The van der Waals surface area contributed by atoms with Gasteiger partial charge >= 0.3 is 11.9 Å². The van der Waals surface area contributed by atoms with E-state index in [2.05, 4.69) is 16.3 Å². The number of thiophene rings is 1. The highest BCUT2D eigenvalue weighted by Gasteiger charge is 2.17. The zero-order valence-electron chi connectivity index (χ0n) is 13.4. The standard InChI is InChI=1S/C14H14FNS.C4H4O4/c15-13-4-2-1-3-11(13)9-16-7-5-14-12(10-16)6-8-17-14;5-3(6)1-2-4(7)8/h1-4,6,8H,5,7,9-10H2;1-2H,(H,5,6)(H,7,8)/b;2-1-. The van der Waals surface area contributed by atoms with Crippen LogP contribution in [0.3, 0.4) is 0 Å². The summed E-state index contributed by atoms with van der Waals surface area (Å²) >= 11 is 1.84. The maximum atomic E-state index is 13.6. The van der Waals surface area contributed by atoms with Gasteiger partial charge in [0.15, 0.2) is 0 Å². The lowest BCUT2D eigenvalue weighted by atomic mass is 10.1. The van der Waals surface area contributed by atoms with Gasteiger partial charge in [0, 0.05) is 42.2 Å². The van der Waals surface area contributed by atoms with E-state index in [-0.39, 0.29) is 5.82 Å². The van der Waals surface area contributed by atoms with Crippen molar-refractivity contribution in [2.24, 2.45) is 0 Å². The number of aliphatic carboxylic acids is 2. The summed E-state index contributed by atoms with van der Waals surface area (Å²) in [7, 11) is 0. The quantitative estimate of drug-likeness (QED) is 0.816. The number of carboxylic acid groups (broad SMARTS) is 2. The van der Waals surface area contributed by atoms with Gasteiger partial charge in [-0.3, -0.25) is 4.90 Å². The van der Waals surface area contributed by atoms with Crippen LogP contribution in [0.15, 0.2) is 47.9 Å². The van der Waals surface area contributed by atoms with Crippen molar-refractivity contribution in [2.75, 3.05) is 6.54 Å². The van der Waals surface area contributed by atoms with Crippen LogP contribution in [0, 0.1) is 5.82 Å². The average molecular weight is 363 g/mol. The Bertz CT molecular complexity index is 756. The van der Waals surface area contributed by atoms with Crippen molar-refractivity contribution < 1.29 is 24.2 Å². The second-order valence-electron chi connectivity index (χ2n) is 5.43. The minimum Gasteiger partial charge on any atom is -0.478 e. The first kappa shape index (κ1) is 18.8. The highest BCUT2D eigenvalue weighted by atomic mass is 32.1. The summed E-state index contributed by atoms with van der Waals surface area (Å²) in [6.45, 7) is 2.69. The molecule has 25 heavy (non-hydrogen) atoms. The lowest BCUT2D eigenvalue weighted by Crippen LogP contribution is -2.29. The number of hydrogen-bond donors (Lipinski definition) is 2. The van der Waals surface area contributed by atoms with Gasteiger partial charge in [-0.15, -0.1) is 11.3 Å². The van der Waals surface area contributed by atoms with E-state index in [1.54, 1.807) is 6.07 Å². The molecule has 1 aliphatic rings. The van der Waals surface area contributed by atoms with Gasteiger partial charge in [0.05, 0.1) is 0 Å². The summed E-state index contributed by atoms with van der Waals surface area (Å²) in [5, 5.41) is 17.8. The fraction of sp³-hybridized carbons (Fsp3) is 0.222. The molecule has 2 aromatic rings. The van der Waals surface area contributed by atoms with Crippen LogP contribution in [0.1, 0.15) is 16.0 Å². The molecule has 0 aliphatic carbocycles. The van der Waals surface area contributed by atoms with Gasteiger partial charge in [-0.1, -0.05) is 18.2 Å². The molecule has 1 aliphatic heterocycles. The minimum absolute atomic E-state index is 0.0939. The fourth-order valence-corrected chi connectivity index (χ4v) is 3.34. The number of fused-ring (bicyclic) bond motifs is 1. The number of benzene rings is 1. The summed E-state index contributed by atoms with van der Waals surface area (Å²) in [5.41, 5.74) is 2.21. The monoisotopic (exact) mass is 363 g/mol. The molecular weight excluding hydrogens is 345 g/mol. The number of carboxylic acids is 2. The zero-order chi connectivity index (χ0) is 18.2. The highest BCUT2D eigenvalue weighted by molar-refractivity contribution is 7.10. The minimum atomic E-state index is -1.26. The molecule has 1 aromatic heterocycles. The predicted molar refractivity (Wildman–Crippen MR) is 92.9 cm³/mol. The van der Waals surface area contributed by atoms with Crippen molar-refractivity contribution in [3.05, 3.63) is 69.7 Å². The van der Waals surface area contributed by atoms with Crippen LogP contribution in [0.2, 0.25) is 0 Å². The van der Waals surface area contributed by atoms with Gasteiger partial charge in [0.2, 0.25) is 0 Å². The Kier molecular flexibility index (Phi) is 6.85. The number of nitrogens with zero attached hydrogens (tertiary/aromatic N) is 1. The van der Waals surface area contributed by atoms with Crippen molar-refractivity contribution in [2.45, 2.75) is 19.5 Å². The van der Waals surface area contributed by atoms with E-state index in [0.29, 0.717) is 18.7 Å². The molecular formula is C18H18FNO4S. The Hall–Kier alpha value is -2.51. The second kappa shape index (κ2) is 9.10. The SMILES string of the molecule is Fc1ccccc1CN1CCc2sccc2C1.O=C(O)/C=C\C(=O)O. The van der Waals surface area contributed by atoms with Crippen molar-refractivity contribution in [3.8, 4) is 0 Å². The Morgan fingerprint density at radius 1 is 1.16 bits per heavy atom. The lowest BCUT2D eigenvalue weighted by molar-refractivity contribution is -0.134. The van der Waals surface area contributed by atoms with Gasteiger partial charge in [-0.25, -0.2) is 14.0 Å². The van der Waals surface area contributed by atoms with Crippen molar-refractivity contribution in [1.82, 2.24) is 4.90 Å². The van der Waals surface area contributed by atoms with Crippen LogP contribution < -0.4 is 0 Å². The van der Waals surface area contributed by atoms with Crippen LogP contribution >= 0.6 is 11.3 Å². The van der Waals surface area contributed by atoms with Crippen LogP contribution in [-0.2, 0) is 29.1 Å². The lowest BCUT2D eigenvalue weighted by Gasteiger charge is -2.26. The molecule has 2 N–H and O–H groups in total. The zero-order valence-corrected chi connectivity index (χ0v) is 14.2. The molecule has 132 valence electrons. The molecule has 7 heteroatoms. The smallest absolute Gasteiger partial charge is 0.328 e. The maximum absolute atomic E-state index is 13.6. The van der Waals surface area contributed by atoms with Crippen molar-refractivity contribution >= 4 is 23.3 Å². The maximum Gasteiger partial charge on any atom is 0.328 e. The molecule has 3 rings (SSSR count). The molecule has 0 fully saturated rings. The number of carbonyl (C=O) groups is 2. The molecule has 5 nitrogen and oxygen atoms in total. The molecule has 0 atom stereocenters. The first-order valence-electron chi connectivity index (χ1n) is 7.60. The topological polar surface area (TPSA) is 77.8 Å². The van der Waals surface area contributed by atoms with E-state index in [0.717, 1.165) is 25.1 Å². The van der Waals surface area contributed by atoms with Crippen LogP contribution in [0.4, 0.5) is 4.39 Å². The Morgan fingerprint density at radius 2 is 1.84 bits per heavy atom. The molecule has 0 spiro atoms. The van der Waals surface area contributed by atoms with Gasteiger partial charge in [-0.2, -0.15) is 0 Å². The van der Waals surface area contributed by atoms with E-state index < -0.39 is 11.9 Å². The Balaban J connectivity index is 0.000000242. The molecule has 0 saturated carbocycles. The number of halogens is 1. The largest absolute Gasteiger partial charge is 0.478 e. The third kappa shape index (κ3) is 6.13. The molecule has 0 radical (unpaired) electrons. The summed E-state index contributed by atoms with van der Waals surface area (Å²) in [5.74, 6) is -2.61. The van der Waals surface area contributed by atoms with E-state index in [9.17, 15) is 14.0 Å². The molecule has 0 unspecified atom stereocenters. The molecule has 0 amide bonds. The first-order chi connectivity index (χ1) is 12.0. The molecule has 0 bridgehead atoms.